The summed E-state index contributed by atoms with van der Waals surface area (Å²) in [6, 6.07) is 7.31. The standard InChI is InChI=1S/C13H20N2O2S/c1-11(2)12-5-3-4-6-13(12)18(16,17)15-9-7-14-8-10-15/h3-6,11,14H,7-10H2,1-2H3. The first-order chi connectivity index (χ1) is 8.53. The van der Waals surface area contributed by atoms with Gasteiger partial charge < -0.3 is 5.32 Å². The number of benzene rings is 1. The van der Waals surface area contributed by atoms with Crippen LogP contribution in [0.1, 0.15) is 25.3 Å². The van der Waals surface area contributed by atoms with E-state index < -0.39 is 10.0 Å². The summed E-state index contributed by atoms with van der Waals surface area (Å²) in [6.45, 7) is 6.59. The average Bonchev–Trinajstić information content (AvgIpc) is 2.39. The highest BCUT2D eigenvalue weighted by Gasteiger charge is 2.28. The third kappa shape index (κ3) is 2.58. The topological polar surface area (TPSA) is 49.4 Å². The maximum atomic E-state index is 12.6. The van der Waals surface area contributed by atoms with Gasteiger partial charge >= 0.3 is 0 Å². The molecule has 0 saturated carbocycles. The van der Waals surface area contributed by atoms with Gasteiger partial charge in [-0.3, -0.25) is 0 Å². The van der Waals surface area contributed by atoms with Crippen LogP contribution in [-0.2, 0) is 10.0 Å². The molecule has 0 spiro atoms. The Morgan fingerprint density at radius 2 is 1.78 bits per heavy atom. The summed E-state index contributed by atoms with van der Waals surface area (Å²) in [6.07, 6.45) is 0. The first-order valence-corrected chi connectivity index (χ1v) is 7.77. The fraction of sp³-hybridized carbons (Fsp3) is 0.538. The monoisotopic (exact) mass is 268 g/mol. The highest BCUT2D eigenvalue weighted by Crippen LogP contribution is 2.26. The van der Waals surface area contributed by atoms with E-state index in [1.54, 1.807) is 16.4 Å². The van der Waals surface area contributed by atoms with Gasteiger partial charge in [0.25, 0.3) is 0 Å². The number of hydrogen-bond donors (Lipinski definition) is 1. The van der Waals surface area contributed by atoms with Crippen molar-refractivity contribution >= 4 is 10.0 Å². The van der Waals surface area contributed by atoms with Gasteiger partial charge in [-0.1, -0.05) is 32.0 Å². The van der Waals surface area contributed by atoms with Gasteiger partial charge in [-0.15, -0.1) is 0 Å². The fourth-order valence-corrected chi connectivity index (χ4v) is 4.01. The van der Waals surface area contributed by atoms with Crippen molar-refractivity contribution in [2.45, 2.75) is 24.7 Å². The van der Waals surface area contributed by atoms with E-state index in [0.717, 1.165) is 18.7 Å². The average molecular weight is 268 g/mol. The van der Waals surface area contributed by atoms with Crippen LogP contribution in [-0.4, -0.2) is 38.9 Å². The molecule has 18 heavy (non-hydrogen) atoms. The molecule has 0 bridgehead atoms. The van der Waals surface area contributed by atoms with Gasteiger partial charge in [0.2, 0.25) is 10.0 Å². The first kappa shape index (κ1) is 13.5. The van der Waals surface area contributed by atoms with Crippen molar-refractivity contribution in [3.05, 3.63) is 29.8 Å². The molecule has 2 rings (SSSR count). The molecule has 1 heterocycles. The highest BCUT2D eigenvalue weighted by molar-refractivity contribution is 7.89. The minimum Gasteiger partial charge on any atom is -0.314 e. The highest BCUT2D eigenvalue weighted by atomic mass is 32.2. The largest absolute Gasteiger partial charge is 0.314 e. The number of sulfonamides is 1. The molecule has 0 atom stereocenters. The van der Waals surface area contributed by atoms with E-state index in [1.165, 1.54) is 0 Å². The first-order valence-electron chi connectivity index (χ1n) is 6.33. The second-order valence-electron chi connectivity index (χ2n) is 4.85. The van der Waals surface area contributed by atoms with E-state index >= 15 is 0 Å². The predicted molar refractivity (Wildman–Crippen MR) is 72.2 cm³/mol. The molecule has 0 aromatic heterocycles. The second-order valence-corrected chi connectivity index (χ2v) is 6.75. The van der Waals surface area contributed by atoms with Crippen LogP contribution < -0.4 is 5.32 Å². The van der Waals surface area contributed by atoms with E-state index in [1.807, 2.05) is 26.0 Å². The number of nitrogens with one attached hydrogen (secondary N) is 1. The molecular weight excluding hydrogens is 248 g/mol. The van der Waals surface area contributed by atoms with Crippen molar-refractivity contribution in [2.75, 3.05) is 26.2 Å². The lowest BCUT2D eigenvalue weighted by atomic mass is 10.0. The molecule has 1 aliphatic heterocycles. The SMILES string of the molecule is CC(C)c1ccccc1S(=O)(=O)N1CCNCC1. The van der Waals surface area contributed by atoms with Gasteiger partial charge in [0, 0.05) is 26.2 Å². The fourth-order valence-electron chi connectivity index (χ4n) is 2.22. The van der Waals surface area contributed by atoms with Gasteiger partial charge in [-0.25, -0.2) is 8.42 Å². The molecule has 4 nitrogen and oxygen atoms in total. The zero-order chi connectivity index (χ0) is 13.2. The quantitative estimate of drug-likeness (QED) is 0.901. The molecule has 1 fully saturated rings. The van der Waals surface area contributed by atoms with Crippen molar-refractivity contribution < 1.29 is 8.42 Å². The molecular formula is C13H20N2O2S. The Morgan fingerprint density at radius 1 is 1.17 bits per heavy atom. The molecule has 0 aliphatic carbocycles. The zero-order valence-corrected chi connectivity index (χ0v) is 11.7. The lowest BCUT2D eigenvalue weighted by molar-refractivity contribution is 0.360. The number of nitrogens with zero attached hydrogens (tertiary/aromatic N) is 1. The van der Waals surface area contributed by atoms with E-state index in [9.17, 15) is 8.42 Å². The summed E-state index contributed by atoms with van der Waals surface area (Å²) < 4.78 is 26.8. The molecule has 1 N–H and O–H groups in total. The smallest absolute Gasteiger partial charge is 0.243 e. The Balaban J connectivity index is 2.40. The van der Waals surface area contributed by atoms with Crippen LogP contribution in [0, 0.1) is 0 Å². The summed E-state index contributed by atoms with van der Waals surface area (Å²) in [7, 11) is -3.34. The summed E-state index contributed by atoms with van der Waals surface area (Å²) in [5.74, 6) is 0.207. The Hall–Kier alpha value is -0.910. The van der Waals surface area contributed by atoms with E-state index in [2.05, 4.69) is 5.32 Å². The van der Waals surface area contributed by atoms with Crippen LogP contribution in [0.4, 0.5) is 0 Å². The summed E-state index contributed by atoms with van der Waals surface area (Å²) in [5, 5.41) is 3.17. The minimum atomic E-state index is -3.34. The molecule has 0 radical (unpaired) electrons. The van der Waals surface area contributed by atoms with Crippen LogP contribution in [0.15, 0.2) is 29.2 Å². The van der Waals surface area contributed by atoms with Crippen molar-refractivity contribution in [1.82, 2.24) is 9.62 Å². The van der Waals surface area contributed by atoms with E-state index in [-0.39, 0.29) is 5.92 Å². The Kier molecular flexibility index (Phi) is 4.04. The third-order valence-electron chi connectivity index (χ3n) is 3.23. The van der Waals surface area contributed by atoms with Gasteiger partial charge in [0.15, 0.2) is 0 Å². The molecule has 1 aromatic rings. The normalized spacial score (nSPS) is 18.2. The van der Waals surface area contributed by atoms with Crippen LogP contribution in [0.2, 0.25) is 0 Å². The summed E-state index contributed by atoms with van der Waals surface area (Å²) in [5.41, 5.74) is 0.899. The van der Waals surface area contributed by atoms with Gasteiger partial charge in [-0.2, -0.15) is 4.31 Å². The van der Waals surface area contributed by atoms with Crippen molar-refractivity contribution in [3.63, 3.8) is 0 Å². The van der Waals surface area contributed by atoms with Gasteiger partial charge in [0.05, 0.1) is 4.90 Å². The molecule has 0 unspecified atom stereocenters. The van der Waals surface area contributed by atoms with Crippen LogP contribution in [0.25, 0.3) is 0 Å². The van der Waals surface area contributed by atoms with Crippen LogP contribution in [0.5, 0.6) is 0 Å². The summed E-state index contributed by atoms with van der Waals surface area (Å²) >= 11 is 0. The Labute approximate surface area is 109 Å². The van der Waals surface area contributed by atoms with Gasteiger partial charge in [-0.05, 0) is 17.5 Å². The lowest BCUT2D eigenvalue weighted by Crippen LogP contribution is -2.46. The molecule has 0 amide bonds. The molecule has 1 aromatic carbocycles. The number of hydrogen-bond acceptors (Lipinski definition) is 3. The van der Waals surface area contributed by atoms with Crippen molar-refractivity contribution in [1.29, 1.82) is 0 Å². The third-order valence-corrected chi connectivity index (χ3v) is 5.21. The Bertz CT molecular complexity index is 505. The lowest BCUT2D eigenvalue weighted by Gasteiger charge is -2.27. The van der Waals surface area contributed by atoms with Crippen LogP contribution >= 0.6 is 0 Å². The Morgan fingerprint density at radius 3 is 2.39 bits per heavy atom. The maximum absolute atomic E-state index is 12.6. The second kappa shape index (κ2) is 5.38. The van der Waals surface area contributed by atoms with E-state index in [4.69, 9.17) is 0 Å². The van der Waals surface area contributed by atoms with Gasteiger partial charge in [0.1, 0.15) is 0 Å². The maximum Gasteiger partial charge on any atom is 0.243 e. The van der Waals surface area contributed by atoms with Crippen molar-refractivity contribution in [2.24, 2.45) is 0 Å². The molecule has 5 heteroatoms. The molecule has 100 valence electrons. The van der Waals surface area contributed by atoms with Crippen molar-refractivity contribution in [3.8, 4) is 0 Å². The number of piperazine rings is 1. The molecule has 1 aliphatic rings. The van der Waals surface area contributed by atoms with E-state index in [0.29, 0.717) is 18.0 Å². The predicted octanol–water partition coefficient (Wildman–Crippen LogP) is 1.40. The van der Waals surface area contributed by atoms with Crippen LogP contribution in [0.3, 0.4) is 0 Å². The zero-order valence-electron chi connectivity index (χ0n) is 10.9. The summed E-state index contributed by atoms with van der Waals surface area (Å²) in [4.78, 5) is 0.460. The minimum absolute atomic E-state index is 0.207. The molecule has 1 saturated heterocycles. The number of rotatable bonds is 3.